The molecule has 0 radical (unpaired) electrons. The van der Waals surface area contributed by atoms with E-state index in [0.29, 0.717) is 6.04 Å². The lowest BCUT2D eigenvalue weighted by Crippen LogP contribution is -2.45. The Bertz CT molecular complexity index is 858. The molecule has 5 heteroatoms. The molecule has 0 unspecified atom stereocenters. The number of anilines is 1. The number of carboxylic acids is 1. The summed E-state index contributed by atoms with van der Waals surface area (Å²) < 4.78 is 0. The van der Waals surface area contributed by atoms with E-state index in [0.717, 1.165) is 28.8 Å². The molecule has 0 bridgehead atoms. The molecule has 0 saturated carbocycles. The quantitative estimate of drug-likeness (QED) is 0.849. The summed E-state index contributed by atoms with van der Waals surface area (Å²) in [5.41, 5.74) is 4.30. The molecule has 1 heterocycles. The zero-order valence-electron chi connectivity index (χ0n) is 16.2. The molecule has 2 atom stereocenters. The van der Waals surface area contributed by atoms with Crippen molar-refractivity contribution in [3.63, 3.8) is 0 Å². The van der Waals surface area contributed by atoms with Crippen LogP contribution in [0.25, 0.3) is 11.1 Å². The predicted molar refractivity (Wildman–Crippen MR) is 107 cm³/mol. The molecule has 27 heavy (non-hydrogen) atoms. The monoisotopic (exact) mass is 366 g/mol. The van der Waals surface area contributed by atoms with Gasteiger partial charge in [-0.3, -0.25) is 4.79 Å². The molecule has 2 N–H and O–H groups in total. The van der Waals surface area contributed by atoms with E-state index in [1.54, 1.807) is 19.1 Å². The highest BCUT2D eigenvalue weighted by Crippen LogP contribution is 2.39. The van der Waals surface area contributed by atoms with Gasteiger partial charge in [-0.15, -0.1) is 0 Å². The van der Waals surface area contributed by atoms with Crippen LogP contribution in [0.4, 0.5) is 5.69 Å². The maximum atomic E-state index is 12.2. The minimum atomic E-state index is -0.931. The number of aromatic carboxylic acids is 1. The van der Waals surface area contributed by atoms with Crippen molar-refractivity contribution in [2.24, 2.45) is 0 Å². The number of rotatable bonds is 4. The van der Waals surface area contributed by atoms with Crippen molar-refractivity contribution in [1.29, 1.82) is 0 Å². The van der Waals surface area contributed by atoms with Gasteiger partial charge in [-0.05, 0) is 54.3 Å². The van der Waals surface area contributed by atoms with Crippen LogP contribution in [-0.4, -0.2) is 29.1 Å². The fraction of sp³-hybridized carbons (Fsp3) is 0.364. The Hall–Kier alpha value is -2.66. The van der Waals surface area contributed by atoms with Gasteiger partial charge >= 0.3 is 5.97 Å². The summed E-state index contributed by atoms with van der Waals surface area (Å²) in [4.78, 5) is 25.1. The number of hydrogen-bond acceptors (Lipinski definition) is 3. The fourth-order valence-electron chi connectivity index (χ4n) is 3.89. The number of carbonyl (C=O) groups is 2. The smallest absolute Gasteiger partial charge is 0.335 e. The summed E-state index contributed by atoms with van der Waals surface area (Å²) >= 11 is 0. The lowest BCUT2D eigenvalue weighted by molar-refractivity contribution is -0.117. The molecule has 1 aliphatic rings. The van der Waals surface area contributed by atoms with Crippen molar-refractivity contribution in [3.05, 3.63) is 53.6 Å². The average Bonchev–Trinajstić information content (AvgIpc) is 2.60. The van der Waals surface area contributed by atoms with E-state index in [2.05, 4.69) is 32.2 Å². The predicted octanol–water partition coefficient (Wildman–Crippen LogP) is 4.24. The number of carbonyl (C=O) groups excluding carboxylic acids is 1. The van der Waals surface area contributed by atoms with Crippen LogP contribution in [0.2, 0.25) is 0 Å². The molecule has 0 aliphatic carbocycles. The van der Waals surface area contributed by atoms with E-state index in [9.17, 15) is 9.59 Å². The molecule has 2 aromatic carbocycles. The molecule has 1 aliphatic heterocycles. The highest BCUT2D eigenvalue weighted by atomic mass is 16.4. The number of carboxylic acid groups (broad SMARTS) is 1. The molecule has 1 amide bonds. The molecular weight excluding hydrogens is 340 g/mol. The van der Waals surface area contributed by atoms with Gasteiger partial charge in [0.15, 0.2) is 0 Å². The minimum absolute atomic E-state index is 0.0466. The standard InChI is InChI=1S/C22H26N2O3/c1-13(2)23-20-11-14(3)24(15(4)25)21-10-9-18(12-19(20)21)16-5-7-17(8-6-16)22(26)27/h5-10,12-14,20,23H,11H2,1-4H3,(H,26,27)/t14-,20+/m0/s1. The third-order valence-corrected chi connectivity index (χ3v) is 5.02. The summed E-state index contributed by atoms with van der Waals surface area (Å²) in [5.74, 6) is -0.885. The average molecular weight is 366 g/mol. The maximum Gasteiger partial charge on any atom is 0.335 e. The number of nitrogens with one attached hydrogen (secondary N) is 1. The van der Waals surface area contributed by atoms with Crippen LogP contribution in [0, 0.1) is 0 Å². The normalized spacial score (nSPS) is 19.1. The van der Waals surface area contributed by atoms with Crippen LogP contribution in [0.1, 0.15) is 56.1 Å². The first kappa shape index (κ1) is 19.1. The number of fused-ring (bicyclic) bond motifs is 1. The molecular formula is C22H26N2O3. The number of hydrogen-bond donors (Lipinski definition) is 2. The molecule has 0 fully saturated rings. The van der Waals surface area contributed by atoms with E-state index >= 15 is 0 Å². The van der Waals surface area contributed by atoms with Crippen LogP contribution >= 0.6 is 0 Å². The molecule has 0 aromatic heterocycles. The van der Waals surface area contributed by atoms with Gasteiger partial charge in [0.05, 0.1) is 5.56 Å². The first-order valence-corrected chi connectivity index (χ1v) is 9.31. The third-order valence-electron chi connectivity index (χ3n) is 5.02. The lowest BCUT2D eigenvalue weighted by atomic mass is 9.88. The number of amides is 1. The largest absolute Gasteiger partial charge is 0.478 e. The van der Waals surface area contributed by atoms with Gasteiger partial charge in [-0.2, -0.15) is 0 Å². The Balaban J connectivity index is 2.05. The molecule has 142 valence electrons. The Labute approximate surface area is 160 Å². The maximum absolute atomic E-state index is 12.2. The van der Waals surface area contributed by atoms with Gasteiger partial charge in [0, 0.05) is 30.7 Å². The summed E-state index contributed by atoms with van der Waals surface area (Å²) in [7, 11) is 0. The van der Waals surface area contributed by atoms with E-state index in [1.807, 2.05) is 29.2 Å². The van der Waals surface area contributed by atoms with Crippen LogP contribution in [0.15, 0.2) is 42.5 Å². The van der Waals surface area contributed by atoms with E-state index in [-0.39, 0.29) is 23.6 Å². The second kappa shape index (κ2) is 7.53. The molecule has 2 aromatic rings. The van der Waals surface area contributed by atoms with Crippen molar-refractivity contribution in [3.8, 4) is 11.1 Å². The molecule has 0 saturated heterocycles. The van der Waals surface area contributed by atoms with Crippen LogP contribution in [0.5, 0.6) is 0 Å². The first-order valence-electron chi connectivity index (χ1n) is 9.31. The van der Waals surface area contributed by atoms with Gasteiger partial charge in [0.2, 0.25) is 5.91 Å². The topological polar surface area (TPSA) is 69.6 Å². The Morgan fingerprint density at radius 3 is 2.30 bits per heavy atom. The number of benzene rings is 2. The second-order valence-electron chi connectivity index (χ2n) is 7.50. The Morgan fingerprint density at radius 1 is 1.11 bits per heavy atom. The van der Waals surface area contributed by atoms with Crippen molar-refractivity contribution in [1.82, 2.24) is 5.32 Å². The zero-order valence-corrected chi connectivity index (χ0v) is 16.2. The Morgan fingerprint density at radius 2 is 1.74 bits per heavy atom. The second-order valence-corrected chi connectivity index (χ2v) is 7.50. The van der Waals surface area contributed by atoms with Gasteiger partial charge in [0.25, 0.3) is 0 Å². The van der Waals surface area contributed by atoms with Crippen LogP contribution in [-0.2, 0) is 4.79 Å². The third kappa shape index (κ3) is 3.88. The Kier molecular flexibility index (Phi) is 5.33. The number of nitrogens with zero attached hydrogens (tertiary/aromatic N) is 1. The SMILES string of the molecule is CC(=O)N1c2ccc(-c3ccc(C(=O)O)cc3)cc2[C@H](NC(C)C)C[C@@H]1C. The van der Waals surface area contributed by atoms with E-state index < -0.39 is 5.97 Å². The van der Waals surface area contributed by atoms with Crippen molar-refractivity contribution in [2.45, 2.75) is 52.2 Å². The van der Waals surface area contributed by atoms with Crippen LogP contribution < -0.4 is 10.2 Å². The zero-order chi connectivity index (χ0) is 19.7. The molecule has 5 nitrogen and oxygen atoms in total. The summed E-state index contributed by atoms with van der Waals surface area (Å²) in [6, 6.07) is 13.6. The first-order chi connectivity index (χ1) is 12.8. The van der Waals surface area contributed by atoms with Gasteiger partial charge < -0.3 is 15.3 Å². The van der Waals surface area contributed by atoms with Gasteiger partial charge in [-0.25, -0.2) is 4.79 Å². The minimum Gasteiger partial charge on any atom is -0.478 e. The highest BCUT2D eigenvalue weighted by Gasteiger charge is 2.32. The van der Waals surface area contributed by atoms with Crippen molar-refractivity contribution < 1.29 is 14.7 Å². The molecule has 0 spiro atoms. The van der Waals surface area contributed by atoms with E-state index in [4.69, 9.17) is 5.11 Å². The fourth-order valence-corrected chi connectivity index (χ4v) is 3.89. The summed E-state index contributed by atoms with van der Waals surface area (Å²) in [6.45, 7) is 7.93. The lowest BCUT2D eigenvalue weighted by Gasteiger charge is -2.40. The summed E-state index contributed by atoms with van der Waals surface area (Å²) in [6.07, 6.45) is 0.853. The molecule has 3 rings (SSSR count). The van der Waals surface area contributed by atoms with Crippen molar-refractivity contribution in [2.75, 3.05) is 4.90 Å². The van der Waals surface area contributed by atoms with Crippen LogP contribution in [0.3, 0.4) is 0 Å². The van der Waals surface area contributed by atoms with Crippen molar-refractivity contribution >= 4 is 17.6 Å². The van der Waals surface area contributed by atoms with E-state index in [1.165, 1.54) is 0 Å². The highest BCUT2D eigenvalue weighted by molar-refractivity contribution is 5.94. The van der Waals surface area contributed by atoms with Gasteiger partial charge in [-0.1, -0.05) is 32.0 Å². The summed E-state index contributed by atoms with van der Waals surface area (Å²) in [5, 5.41) is 12.7. The van der Waals surface area contributed by atoms with Gasteiger partial charge in [0.1, 0.15) is 0 Å².